The highest BCUT2D eigenvalue weighted by Gasteiger charge is 2.17. The highest BCUT2D eigenvalue weighted by molar-refractivity contribution is 6.35. The minimum atomic E-state index is -0.000600. The average Bonchev–Trinajstić information content (AvgIpc) is 2.16. The molecule has 2 N–H and O–H groups in total. The summed E-state index contributed by atoms with van der Waals surface area (Å²) in [6.45, 7) is 5.01. The van der Waals surface area contributed by atoms with Gasteiger partial charge >= 0.3 is 0 Å². The van der Waals surface area contributed by atoms with Crippen molar-refractivity contribution in [3.63, 3.8) is 0 Å². The number of hydrogen-bond donors (Lipinski definition) is 2. The second kappa shape index (κ2) is 5.71. The van der Waals surface area contributed by atoms with E-state index in [9.17, 15) is 0 Å². The van der Waals surface area contributed by atoms with Crippen LogP contribution in [-0.2, 0) is 0 Å². The Kier molecular flexibility index (Phi) is 4.84. The van der Waals surface area contributed by atoms with Crippen LogP contribution in [0.4, 0.5) is 5.82 Å². The number of nitrogens with one attached hydrogen (secondary N) is 1. The second-order valence-corrected chi connectivity index (χ2v) is 5.32. The molecule has 1 heterocycles. The van der Waals surface area contributed by atoms with Crippen molar-refractivity contribution < 1.29 is 5.11 Å². The lowest BCUT2D eigenvalue weighted by Crippen LogP contribution is -2.24. The monoisotopic (exact) mass is 262 g/mol. The molecule has 0 aliphatic rings. The Morgan fingerprint density at radius 1 is 1.44 bits per heavy atom. The zero-order valence-corrected chi connectivity index (χ0v) is 10.9. The fraction of sp³-hybridized carbons (Fsp3) is 0.545. The van der Waals surface area contributed by atoms with Crippen LogP contribution in [0.15, 0.2) is 12.3 Å². The zero-order chi connectivity index (χ0) is 12.2. The molecule has 0 spiro atoms. The van der Waals surface area contributed by atoms with E-state index in [1.165, 1.54) is 0 Å². The first-order valence-corrected chi connectivity index (χ1v) is 5.86. The molecule has 1 aromatic heterocycles. The fourth-order valence-corrected chi connectivity index (χ4v) is 1.71. The summed E-state index contributed by atoms with van der Waals surface area (Å²) in [6, 6.07) is 1.65. The Morgan fingerprint density at radius 3 is 2.69 bits per heavy atom. The summed E-state index contributed by atoms with van der Waals surface area (Å²) in [5.74, 6) is 0.622. The molecular weight excluding hydrogens is 247 g/mol. The Balaban J connectivity index is 2.61. The Hall–Kier alpha value is -0.510. The predicted octanol–water partition coefficient (Wildman–Crippen LogP) is 3.21. The topological polar surface area (TPSA) is 45.1 Å². The van der Waals surface area contributed by atoms with Gasteiger partial charge in [0.1, 0.15) is 5.82 Å². The van der Waals surface area contributed by atoms with Gasteiger partial charge in [-0.3, -0.25) is 0 Å². The molecule has 0 unspecified atom stereocenters. The van der Waals surface area contributed by atoms with E-state index < -0.39 is 0 Å². The molecule has 0 aliphatic heterocycles. The summed E-state index contributed by atoms with van der Waals surface area (Å²) in [4.78, 5) is 4.10. The molecule has 0 radical (unpaired) electrons. The number of nitrogens with zero attached hydrogens (tertiary/aromatic N) is 1. The van der Waals surface area contributed by atoms with Crippen LogP contribution in [0.5, 0.6) is 0 Å². The Morgan fingerprint density at radius 2 is 2.12 bits per heavy atom. The van der Waals surface area contributed by atoms with Gasteiger partial charge in [-0.2, -0.15) is 0 Å². The standard InChI is InChI=1S/C11H16Cl2N2O/c1-11(2,3-4-16)7-15-10-9(13)5-8(12)6-14-10/h5-6,16H,3-4,7H2,1-2H3,(H,14,15). The molecule has 5 heteroatoms. The number of rotatable bonds is 5. The first-order valence-electron chi connectivity index (χ1n) is 5.10. The molecule has 0 atom stereocenters. The van der Waals surface area contributed by atoms with Gasteiger partial charge in [0.25, 0.3) is 0 Å². The summed E-state index contributed by atoms with van der Waals surface area (Å²) in [7, 11) is 0. The average molecular weight is 263 g/mol. The SMILES string of the molecule is CC(C)(CCO)CNc1ncc(Cl)cc1Cl. The molecule has 0 amide bonds. The van der Waals surface area contributed by atoms with Crippen molar-refractivity contribution in [1.29, 1.82) is 0 Å². The lowest BCUT2D eigenvalue weighted by Gasteiger charge is -2.24. The number of aromatic nitrogens is 1. The number of halogens is 2. The first kappa shape index (κ1) is 13.6. The second-order valence-electron chi connectivity index (χ2n) is 4.48. The van der Waals surface area contributed by atoms with Crippen LogP contribution >= 0.6 is 23.2 Å². The van der Waals surface area contributed by atoms with Crippen LogP contribution in [0.1, 0.15) is 20.3 Å². The summed E-state index contributed by atoms with van der Waals surface area (Å²) < 4.78 is 0. The van der Waals surface area contributed by atoms with E-state index in [2.05, 4.69) is 24.1 Å². The maximum Gasteiger partial charge on any atom is 0.144 e. The maximum atomic E-state index is 8.90. The number of aliphatic hydroxyl groups is 1. The van der Waals surface area contributed by atoms with Gasteiger partial charge in [0.15, 0.2) is 0 Å². The van der Waals surface area contributed by atoms with Crippen molar-refractivity contribution >= 4 is 29.0 Å². The molecule has 16 heavy (non-hydrogen) atoms. The smallest absolute Gasteiger partial charge is 0.144 e. The van der Waals surface area contributed by atoms with Gasteiger partial charge < -0.3 is 10.4 Å². The minimum absolute atomic E-state index is 0.000600. The van der Waals surface area contributed by atoms with E-state index in [0.717, 1.165) is 6.42 Å². The van der Waals surface area contributed by atoms with Crippen LogP contribution in [0.2, 0.25) is 10.0 Å². The molecule has 0 bridgehead atoms. The Bertz CT molecular complexity index is 356. The minimum Gasteiger partial charge on any atom is -0.396 e. The van der Waals surface area contributed by atoms with Crippen LogP contribution in [0, 0.1) is 5.41 Å². The largest absolute Gasteiger partial charge is 0.396 e. The quantitative estimate of drug-likeness (QED) is 0.857. The summed E-state index contributed by atoms with van der Waals surface area (Å²) in [5, 5.41) is 13.1. The van der Waals surface area contributed by atoms with Crippen molar-refractivity contribution in [2.24, 2.45) is 5.41 Å². The van der Waals surface area contributed by atoms with E-state index in [1.807, 2.05) is 0 Å². The van der Waals surface area contributed by atoms with Crippen LogP contribution < -0.4 is 5.32 Å². The van der Waals surface area contributed by atoms with Crippen molar-refractivity contribution in [3.05, 3.63) is 22.3 Å². The molecule has 1 rings (SSSR count). The normalized spacial score (nSPS) is 11.6. The van der Waals surface area contributed by atoms with Crippen LogP contribution in [0.25, 0.3) is 0 Å². The molecule has 1 aromatic rings. The zero-order valence-electron chi connectivity index (χ0n) is 9.43. The van der Waals surface area contributed by atoms with E-state index >= 15 is 0 Å². The predicted molar refractivity (Wildman–Crippen MR) is 68.2 cm³/mol. The van der Waals surface area contributed by atoms with Gasteiger partial charge in [-0.1, -0.05) is 37.0 Å². The van der Waals surface area contributed by atoms with Crippen LogP contribution in [-0.4, -0.2) is 23.2 Å². The number of hydrogen-bond acceptors (Lipinski definition) is 3. The molecule has 0 saturated carbocycles. The third-order valence-electron chi connectivity index (χ3n) is 2.33. The number of pyridine rings is 1. The third-order valence-corrected chi connectivity index (χ3v) is 2.83. The molecular formula is C11H16Cl2N2O. The van der Waals surface area contributed by atoms with E-state index in [4.69, 9.17) is 28.3 Å². The molecule has 0 fully saturated rings. The fourth-order valence-electron chi connectivity index (χ4n) is 1.26. The van der Waals surface area contributed by atoms with E-state index in [1.54, 1.807) is 12.3 Å². The van der Waals surface area contributed by atoms with Gasteiger partial charge in [0.05, 0.1) is 10.0 Å². The summed E-state index contributed by atoms with van der Waals surface area (Å²) in [5.41, 5.74) is -0.000600. The molecule has 90 valence electrons. The van der Waals surface area contributed by atoms with Crippen molar-refractivity contribution in [2.45, 2.75) is 20.3 Å². The molecule has 3 nitrogen and oxygen atoms in total. The van der Waals surface area contributed by atoms with Crippen LogP contribution in [0.3, 0.4) is 0 Å². The van der Waals surface area contributed by atoms with Gasteiger partial charge in [-0.25, -0.2) is 4.98 Å². The highest BCUT2D eigenvalue weighted by Crippen LogP contribution is 2.25. The molecule has 0 aromatic carbocycles. The van der Waals surface area contributed by atoms with Crippen molar-refractivity contribution in [3.8, 4) is 0 Å². The number of anilines is 1. The first-order chi connectivity index (χ1) is 7.44. The van der Waals surface area contributed by atoms with Gasteiger partial charge in [0, 0.05) is 19.3 Å². The van der Waals surface area contributed by atoms with Gasteiger partial charge in [-0.15, -0.1) is 0 Å². The van der Waals surface area contributed by atoms with Gasteiger partial charge in [0.2, 0.25) is 0 Å². The highest BCUT2D eigenvalue weighted by atomic mass is 35.5. The van der Waals surface area contributed by atoms with Gasteiger partial charge in [-0.05, 0) is 17.9 Å². The van der Waals surface area contributed by atoms with Crippen molar-refractivity contribution in [1.82, 2.24) is 4.98 Å². The third kappa shape index (κ3) is 4.16. The van der Waals surface area contributed by atoms with E-state index in [-0.39, 0.29) is 12.0 Å². The Labute approximate surface area is 106 Å². The van der Waals surface area contributed by atoms with Crippen molar-refractivity contribution in [2.75, 3.05) is 18.5 Å². The summed E-state index contributed by atoms with van der Waals surface area (Å²) in [6.07, 6.45) is 2.28. The molecule has 0 saturated heterocycles. The number of aliphatic hydroxyl groups excluding tert-OH is 1. The maximum absolute atomic E-state index is 8.90. The summed E-state index contributed by atoms with van der Waals surface area (Å²) >= 11 is 11.7. The molecule has 0 aliphatic carbocycles. The van der Waals surface area contributed by atoms with E-state index in [0.29, 0.717) is 22.4 Å². The lowest BCUT2D eigenvalue weighted by atomic mass is 9.90. The lowest BCUT2D eigenvalue weighted by molar-refractivity contribution is 0.220.